The number of carbonyl (C=O) groups is 3. The van der Waals surface area contributed by atoms with Crippen LogP contribution < -0.4 is 14.8 Å². The maximum absolute atomic E-state index is 14.1. The van der Waals surface area contributed by atoms with Gasteiger partial charge in [-0.3, -0.25) is 4.90 Å². The highest BCUT2D eigenvalue weighted by atomic mass is 16.5. The molecule has 2 amide bonds. The Morgan fingerprint density at radius 1 is 0.900 bits per heavy atom. The van der Waals surface area contributed by atoms with Crippen LogP contribution in [0.2, 0.25) is 0 Å². The van der Waals surface area contributed by atoms with Gasteiger partial charge in [0.2, 0.25) is 0 Å². The second kappa shape index (κ2) is 11.0. The van der Waals surface area contributed by atoms with Crippen molar-refractivity contribution in [1.29, 1.82) is 0 Å². The van der Waals surface area contributed by atoms with Crippen molar-refractivity contribution in [3.8, 4) is 11.5 Å². The van der Waals surface area contributed by atoms with E-state index in [4.69, 9.17) is 18.9 Å². The smallest absolute Gasteiger partial charge is 0.337 e. The minimum absolute atomic E-state index is 0.246. The lowest BCUT2D eigenvalue weighted by molar-refractivity contribution is -0.146. The molecule has 4 aromatic rings. The topological polar surface area (TPSA) is 119 Å². The maximum Gasteiger partial charge on any atom is 0.337 e. The summed E-state index contributed by atoms with van der Waals surface area (Å²) in [6.07, 6.45) is 0.246. The van der Waals surface area contributed by atoms with Crippen molar-refractivity contribution in [3.63, 3.8) is 0 Å². The van der Waals surface area contributed by atoms with Gasteiger partial charge in [-0.25, -0.2) is 14.4 Å². The molecule has 2 atom stereocenters. The van der Waals surface area contributed by atoms with Gasteiger partial charge in [-0.05, 0) is 41.5 Å². The molecule has 1 aliphatic heterocycles. The summed E-state index contributed by atoms with van der Waals surface area (Å²) in [6, 6.07) is 17.4. The van der Waals surface area contributed by atoms with Crippen LogP contribution in [0.5, 0.6) is 11.5 Å². The number of nitrogens with one attached hydrogen (secondary N) is 2. The van der Waals surface area contributed by atoms with Gasteiger partial charge in [-0.2, -0.15) is 0 Å². The number of nitrogens with zero attached hydrogens (tertiary/aromatic N) is 1. The number of urea groups is 1. The molecule has 0 aliphatic carbocycles. The molecule has 206 valence electrons. The van der Waals surface area contributed by atoms with Crippen LogP contribution in [0.4, 0.5) is 10.5 Å². The minimum Gasteiger partial charge on any atom is -0.497 e. The van der Waals surface area contributed by atoms with Gasteiger partial charge in [0.15, 0.2) is 0 Å². The molecule has 0 spiro atoms. The number of fused-ring (bicyclic) bond motifs is 3. The zero-order valence-corrected chi connectivity index (χ0v) is 22.5. The molecule has 0 bridgehead atoms. The van der Waals surface area contributed by atoms with Crippen LogP contribution in [-0.4, -0.2) is 62.3 Å². The third-order valence-corrected chi connectivity index (χ3v) is 7.14. The van der Waals surface area contributed by atoms with E-state index in [1.807, 2.05) is 24.3 Å². The summed E-state index contributed by atoms with van der Waals surface area (Å²) in [6.45, 7) is 0. The number of hydrogen-bond donors (Lipinski definition) is 2. The molecule has 2 heterocycles. The molecule has 0 saturated carbocycles. The first-order valence-electron chi connectivity index (χ1n) is 12.6. The zero-order valence-electron chi connectivity index (χ0n) is 22.5. The number of para-hydroxylation sites is 1. The monoisotopic (exact) mass is 543 g/mol. The van der Waals surface area contributed by atoms with E-state index in [-0.39, 0.29) is 6.42 Å². The average molecular weight is 544 g/mol. The van der Waals surface area contributed by atoms with Crippen molar-refractivity contribution in [3.05, 3.63) is 89.1 Å². The number of benzene rings is 3. The quantitative estimate of drug-likeness (QED) is 0.339. The summed E-state index contributed by atoms with van der Waals surface area (Å²) in [5.41, 5.74) is 4.02. The Balaban J connectivity index is 1.65. The number of ether oxygens (including phenoxy) is 4. The number of aromatic nitrogens is 1. The van der Waals surface area contributed by atoms with E-state index in [2.05, 4.69) is 10.3 Å². The number of rotatable bonds is 6. The standard InChI is InChI=1S/C30H29N3O7/c1-37-19-13-14-23(25(15-19)38-2)32-30(36)33-24(29(35)40-4)16-21-20-7-5-6-8-22(20)31-26(21)27(33)17-9-11-18(12-10-17)28(34)39-3/h5-15,24,27,31H,16H2,1-4H3,(H,32,36). The van der Waals surface area contributed by atoms with Gasteiger partial charge in [0.1, 0.15) is 23.6 Å². The van der Waals surface area contributed by atoms with Crippen molar-refractivity contribution >= 4 is 34.6 Å². The van der Waals surface area contributed by atoms with Crippen molar-refractivity contribution < 1.29 is 33.3 Å². The fourth-order valence-electron chi connectivity index (χ4n) is 5.20. The SMILES string of the molecule is COC(=O)c1ccc(C2c3[nH]c4ccccc4c3CC(C(=O)OC)N2C(=O)Nc2ccc(OC)cc2OC)cc1. The predicted molar refractivity (Wildman–Crippen MR) is 148 cm³/mol. The molecule has 2 N–H and O–H groups in total. The highest BCUT2D eigenvalue weighted by Crippen LogP contribution is 2.42. The largest absolute Gasteiger partial charge is 0.497 e. The summed E-state index contributed by atoms with van der Waals surface area (Å²) in [4.78, 5) is 44.3. The van der Waals surface area contributed by atoms with Crippen molar-refractivity contribution in [2.24, 2.45) is 0 Å². The van der Waals surface area contributed by atoms with E-state index in [0.29, 0.717) is 28.3 Å². The highest BCUT2D eigenvalue weighted by Gasteiger charge is 2.44. The van der Waals surface area contributed by atoms with E-state index in [0.717, 1.165) is 22.2 Å². The summed E-state index contributed by atoms with van der Waals surface area (Å²) >= 11 is 0. The second-order valence-electron chi connectivity index (χ2n) is 9.23. The molecule has 1 aliphatic rings. The summed E-state index contributed by atoms with van der Waals surface area (Å²) in [7, 11) is 5.64. The third-order valence-electron chi connectivity index (χ3n) is 7.14. The summed E-state index contributed by atoms with van der Waals surface area (Å²) < 4.78 is 20.8. The first-order valence-corrected chi connectivity index (χ1v) is 12.6. The fourth-order valence-corrected chi connectivity index (χ4v) is 5.20. The molecule has 0 fully saturated rings. The van der Waals surface area contributed by atoms with E-state index in [1.54, 1.807) is 42.5 Å². The Morgan fingerprint density at radius 3 is 2.33 bits per heavy atom. The predicted octanol–water partition coefficient (Wildman–Crippen LogP) is 4.69. The Kier molecular flexibility index (Phi) is 7.33. The van der Waals surface area contributed by atoms with Crippen molar-refractivity contribution in [1.82, 2.24) is 9.88 Å². The van der Waals surface area contributed by atoms with Crippen LogP contribution in [0.3, 0.4) is 0 Å². The molecular formula is C30H29N3O7. The van der Waals surface area contributed by atoms with Gasteiger partial charge >= 0.3 is 18.0 Å². The second-order valence-corrected chi connectivity index (χ2v) is 9.23. The van der Waals surface area contributed by atoms with E-state index >= 15 is 0 Å². The van der Waals surface area contributed by atoms with Crippen LogP contribution in [0.15, 0.2) is 66.7 Å². The first kappa shape index (κ1) is 26.6. The molecule has 2 unspecified atom stereocenters. The molecule has 10 heteroatoms. The van der Waals surface area contributed by atoms with Gasteiger partial charge < -0.3 is 29.2 Å². The molecule has 3 aromatic carbocycles. The van der Waals surface area contributed by atoms with Crippen LogP contribution in [0.25, 0.3) is 10.9 Å². The number of methoxy groups -OCH3 is 4. The molecule has 0 saturated heterocycles. The molecule has 10 nitrogen and oxygen atoms in total. The van der Waals surface area contributed by atoms with Crippen LogP contribution >= 0.6 is 0 Å². The average Bonchev–Trinajstić information content (AvgIpc) is 3.37. The number of carbonyl (C=O) groups excluding carboxylic acids is 3. The molecule has 5 rings (SSSR count). The van der Waals surface area contributed by atoms with Gasteiger partial charge in [-0.15, -0.1) is 0 Å². The Morgan fingerprint density at radius 2 is 1.65 bits per heavy atom. The first-order chi connectivity index (χ1) is 19.4. The van der Waals surface area contributed by atoms with Gasteiger partial charge in [0, 0.05) is 29.1 Å². The lowest BCUT2D eigenvalue weighted by Crippen LogP contribution is -2.53. The van der Waals surface area contributed by atoms with Gasteiger partial charge in [-0.1, -0.05) is 30.3 Å². The number of anilines is 1. The minimum atomic E-state index is -0.939. The highest BCUT2D eigenvalue weighted by molar-refractivity contribution is 5.96. The van der Waals surface area contributed by atoms with E-state index in [1.165, 1.54) is 33.3 Å². The van der Waals surface area contributed by atoms with Crippen LogP contribution in [-0.2, 0) is 20.7 Å². The van der Waals surface area contributed by atoms with Gasteiger partial charge in [0.05, 0.1) is 39.7 Å². The Hall–Kier alpha value is -4.99. The lowest BCUT2D eigenvalue weighted by Gasteiger charge is -2.40. The van der Waals surface area contributed by atoms with Gasteiger partial charge in [0.25, 0.3) is 0 Å². The zero-order chi connectivity index (χ0) is 28.4. The van der Waals surface area contributed by atoms with Crippen molar-refractivity contribution in [2.75, 3.05) is 33.8 Å². The van der Waals surface area contributed by atoms with E-state index < -0.39 is 30.1 Å². The van der Waals surface area contributed by atoms with Crippen LogP contribution in [0, 0.1) is 0 Å². The Labute approximate surface area is 230 Å². The van der Waals surface area contributed by atoms with Crippen molar-refractivity contribution in [2.45, 2.75) is 18.5 Å². The molecule has 1 aromatic heterocycles. The third kappa shape index (κ3) is 4.68. The maximum atomic E-state index is 14.1. The summed E-state index contributed by atoms with van der Waals surface area (Å²) in [5.74, 6) is -0.0738. The molecule has 40 heavy (non-hydrogen) atoms. The number of hydrogen-bond acceptors (Lipinski definition) is 7. The number of amides is 2. The number of esters is 2. The normalized spacial score (nSPS) is 16.1. The Bertz CT molecular complexity index is 1580. The van der Waals surface area contributed by atoms with Crippen LogP contribution in [0.1, 0.15) is 33.2 Å². The lowest BCUT2D eigenvalue weighted by atomic mass is 9.88. The fraction of sp³-hybridized carbons (Fsp3) is 0.233. The number of H-pyrrole nitrogens is 1. The van der Waals surface area contributed by atoms with E-state index in [9.17, 15) is 14.4 Å². The molecule has 0 radical (unpaired) electrons. The summed E-state index contributed by atoms with van der Waals surface area (Å²) in [5, 5.41) is 3.86. The number of aromatic amines is 1. The molecular weight excluding hydrogens is 514 g/mol.